The molecule has 17 heavy (non-hydrogen) atoms. The summed E-state index contributed by atoms with van der Waals surface area (Å²) in [5.41, 5.74) is 2.66. The second-order valence-electron chi connectivity index (χ2n) is 4.07. The normalized spacial score (nSPS) is 12.9. The Bertz CT molecular complexity index is 473. The first kappa shape index (κ1) is 12.7. The predicted molar refractivity (Wildman–Crippen MR) is 76.1 cm³/mol. The SMILES string of the molecule is CCc1ccsc1C(Cc1csc(C)n1)NC. The van der Waals surface area contributed by atoms with Crippen LogP contribution in [0.15, 0.2) is 16.8 Å². The van der Waals surface area contributed by atoms with E-state index in [1.54, 1.807) is 11.3 Å². The average molecular weight is 266 g/mol. The van der Waals surface area contributed by atoms with Gasteiger partial charge in [0.15, 0.2) is 0 Å². The van der Waals surface area contributed by atoms with Gasteiger partial charge in [0.1, 0.15) is 0 Å². The van der Waals surface area contributed by atoms with Crippen molar-refractivity contribution in [2.75, 3.05) is 7.05 Å². The van der Waals surface area contributed by atoms with Crippen LogP contribution in [0.1, 0.15) is 34.1 Å². The van der Waals surface area contributed by atoms with Crippen LogP contribution in [0, 0.1) is 6.92 Å². The molecule has 0 saturated carbocycles. The number of hydrogen-bond donors (Lipinski definition) is 1. The monoisotopic (exact) mass is 266 g/mol. The van der Waals surface area contributed by atoms with Gasteiger partial charge in [-0.15, -0.1) is 22.7 Å². The highest BCUT2D eigenvalue weighted by Crippen LogP contribution is 2.27. The van der Waals surface area contributed by atoms with Gasteiger partial charge in [0.2, 0.25) is 0 Å². The summed E-state index contributed by atoms with van der Waals surface area (Å²) >= 11 is 3.57. The summed E-state index contributed by atoms with van der Waals surface area (Å²) in [5.74, 6) is 0. The number of thiazole rings is 1. The molecular weight excluding hydrogens is 248 g/mol. The zero-order chi connectivity index (χ0) is 12.3. The summed E-state index contributed by atoms with van der Waals surface area (Å²) in [7, 11) is 2.03. The van der Waals surface area contributed by atoms with Gasteiger partial charge < -0.3 is 5.32 Å². The lowest BCUT2D eigenvalue weighted by Gasteiger charge is -2.15. The Morgan fingerprint density at radius 3 is 2.82 bits per heavy atom. The number of nitrogens with zero attached hydrogens (tertiary/aromatic N) is 1. The van der Waals surface area contributed by atoms with Crippen LogP contribution in [0.25, 0.3) is 0 Å². The van der Waals surface area contributed by atoms with Gasteiger partial charge in [0.05, 0.1) is 10.7 Å². The summed E-state index contributed by atoms with van der Waals surface area (Å²) in [6.45, 7) is 4.27. The summed E-state index contributed by atoms with van der Waals surface area (Å²) in [6.07, 6.45) is 2.08. The fourth-order valence-electron chi connectivity index (χ4n) is 1.98. The third-order valence-electron chi connectivity index (χ3n) is 2.91. The highest BCUT2D eigenvalue weighted by atomic mass is 32.1. The van der Waals surface area contributed by atoms with Gasteiger partial charge in [-0.05, 0) is 37.4 Å². The first-order chi connectivity index (χ1) is 8.24. The highest BCUT2D eigenvalue weighted by molar-refractivity contribution is 7.10. The quantitative estimate of drug-likeness (QED) is 0.895. The van der Waals surface area contributed by atoms with Gasteiger partial charge in [0.25, 0.3) is 0 Å². The van der Waals surface area contributed by atoms with E-state index < -0.39 is 0 Å². The van der Waals surface area contributed by atoms with E-state index in [0.29, 0.717) is 6.04 Å². The lowest BCUT2D eigenvalue weighted by molar-refractivity contribution is 0.591. The van der Waals surface area contributed by atoms with Crippen molar-refractivity contribution in [1.82, 2.24) is 10.3 Å². The maximum atomic E-state index is 4.55. The third kappa shape index (κ3) is 2.94. The molecule has 0 aromatic carbocycles. The number of nitrogens with one attached hydrogen (secondary N) is 1. The second kappa shape index (κ2) is 5.76. The van der Waals surface area contributed by atoms with Gasteiger partial charge >= 0.3 is 0 Å². The third-order valence-corrected chi connectivity index (χ3v) is 4.80. The van der Waals surface area contributed by atoms with E-state index in [1.807, 2.05) is 18.4 Å². The lowest BCUT2D eigenvalue weighted by Crippen LogP contribution is -2.19. The molecule has 2 heterocycles. The van der Waals surface area contributed by atoms with Gasteiger partial charge in [-0.3, -0.25) is 0 Å². The molecule has 0 spiro atoms. The van der Waals surface area contributed by atoms with Gasteiger partial charge in [-0.25, -0.2) is 4.98 Å². The molecule has 0 aliphatic heterocycles. The van der Waals surface area contributed by atoms with E-state index in [0.717, 1.165) is 17.8 Å². The minimum absolute atomic E-state index is 0.395. The van der Waals surface area contributed by atoms with Crippen molar-refractivity contribution in [2.45, 2.75) is 32.7 Å². The molecule has 0 saturated heterocycles. The molecule has 1 N–H and O–H groups in total. The first-order valence-corrected chi connectivity index (χ1v) is 7.65. The van der Waals surface area contributed by atoms with E-state index in [1.165, 1.54) is 16.1 Å². The molecule has 2 rings (SSSR count). The van der Waals surface area contributed by atoms with Gasteiger partial charge in [0, 0.05) is 22.7 Å². The van der Waals surface area contributed by atoms with Gasteiger partial charge in [-0.1, -0.05) is 6.92 Å². The summed E-state index contributed by atoms with van der Waals surface area (Å²) in [4.78, 5) is 6.01. The molecule has 0 fully saturated rings. The van der Waals surface area contributed by atoms with Gasteiger partial charge in [-0.2, -0.15) is 0 Å². The largest absolute Gasteiger partial charge is 0.312 e. The van der Waals surface area contributed by atoms with Crippen LogP contribution in [0.2, 0.25) is 0 Å². The van der Waals surface area contributed by atoms with E-state index in [4.69, 9.17) is 0 Å². The fraction of sp³-hybridized carbons (Fsp3) is 0.462. The molecule has 92 valence electrons. The zero-order valence-corrected chi connectivity index (χ0v) is 12.1. The van der Waals surface area contributed by atoms with Crippen molar-refractivity contribution < 1.29 is 0 Å². The first-order valence-electron chi connectivity index (χ1n) is 5.89. The van der Waals surface area contributed by atoms with Crippen molar-refractivity contribution in [2.24, 2.45) is 0 Å². The Morgan fingerprint density at radius 1 is 1.41 bits per heavy atom. The Morgan fingerprint density at radius 2 is 2.24 bits per heavy atom. The van der Waals surface area contributed by atoms with Crippen molar-refractivity contribution in [1.29, 1.82) is 0 Å². The summed E-state index contributed by atoms with van der Waals surface area (Å²) in [5, 5.41) is 8.91. The van der Waals surface area contributed by atoms with Crippen LogP contribution in [0.3, 0.4) is 0 Å². The molecule has 0 bridgehead atoms. The number of likely N-dealkylation sites (N-methyl/N-ethyl adjacent to an activating group) is 1. The van der Waals surface area contributed by atoms with Crippen LogP contribution >= 0.6 is 22.7 Å². The summed E-state index contributed by atoms with van der Waals surface area (Å²) in [6, 6.07) is 2.63. The molecule has 4 heteroatoms. The zero-order valence-electron chi connectivity index (χ0n) is 10.5. The second-order valence-corrected chi connectivity index (χ2v) is 6.08. The maximum absolute atomic E-state index is 4.55. The minimum atomic E-state index is 0.395. The molecule has 1 atom stereocenters. The van der Waals surface area contributed by atoms with Crippen LogP contribution in [-0.4, -0.2) is 12.0 Å². The minimum Gasteiger partial charge on any atom is -0.312 e. The standard InChI is InChI=1S/C13H18N2S2/c1-4-10-5-6-16-13(10)12(14-3)7-11-8-17-9(2)15-11/h5-6,8,12,14H,4,7H2,1-3H3. The van der Waals surface area contributed by atoms with Crippen molar-refractivity contribution in [3.8, 4) is 0 Å². The van der Waals surface area contributed by atoms with E-state index in [2.05, 4.69) is 41.0 Å². The predicted octanol–water partition coefficient (Wildman–Crippen LogP) is 3.58. The topological polar surface area (TPSA) is 24.9 Å². The Labute approximate surface area is 111 Å². The average Bonchev–Trinajstić information content (AvgIpc) is 2.94. The fourth-order valence-corrected chi connectivity index (χ4v) is 3.72. The smallest absolute Gasteiger partial charge is 0.0897 e. The van der Waals surface area contributed by atoms with Crippen LogP contribution < -0.4 is 5.32 Å². The molecule has 0 aliphatic carbocycles. The highest BCUT2D eigenvalue weighted by Gasteiger charge is 2.16. The lowest BCUT2D eigenvalue weighted by atomic mass is 10.1. The van der Waals surface area contributed by atoms with Crippen molar-refractivity contribution in [3.63, 3.8) is 0 Å². The number of aromatic nitrogens is 1. The van der Waals surface area contributed by atoms with E-state index >= 15 is 0 Å². The molecule has 2 nitrogen and oxygen atoms in total. The maximum Gasteiger partial charge on any atom is 0.0897 e. The molecular formula is C13H18N2S2. The van der Waals surface area contributed by atoms with E-state index in [-0.39, 0.29) is 0 Å². The van der Waals surface area contributed by atoms with Crippen LogP contribution in [0.4, 0.5) is 0 Å². The Balaban J connectivity index is 2.16. The van der Waals surface area contributed by atoms with Crippen molar-refractivity contribution >= 4 is 22.7 Å². The molecule has 0 amide bonds. The summed E-state index contributed by atoms with van der Waals surface area (Å²) < 4.78 is 0. The Hall–Kier alpha value is -0.710. The molecule has 0 aliphatic rings. The molecule has 0 radical (unpaired) electrons. The number of hydrogen-bond acceptors (Lipinski definition) is 4. The van der Waals surface area contributed by atoms with Crippen molar-refractivity contribution in [3.05, 3.63) is 38.0 Å². The van der Waals surface area contributed by atoms with E-state index in [9.17, 15) is 0 Å². The molecule has 2 aromatic heterocycles. The molecule has 2 aromatic rings. The number of rotatable bonds is 5. The Kier molecular flexibility index (Phi) is 4.31. The van der Waals surface area contributed by atoms with Crippen LogP contribution in [-0.2, 0) is 12.8 Å². The van der Waals surface area contributed by atoms with Crippen LogP contribution in [0.5, 0.6) is 0 Å². The molecule has 1 unspecified atom stereocenters. The number of thiophene rings is 1. The number of aryl methyl sites for hydroxylation is 2.